The minimum Gasteiger partial charge on any atom is -0.488 e. The second-order valence-corrected chi connectivity index (χ2v) is 6.75. The molecule has 2 N–H and O–H groups in total. The number of rotatable bonds is 2. The second kappa shape index (κ2) is 3.66. The SMILES string of the molecule is CC1(C)C2CCC1(C)C(Oc1ccccc1N)C2. The molecule has 0 aliphatic heterocycles. The van der Waals surface area contributed by atoms with Gasteiger partial charge in [-0.2, -0.15) is 0 Å². The first-order valence-corrected chi connectivity index (χ1v) is 6.96. The van der Waals surface area contributed by atoms with Crippen LogP contribution in [0.5, 0.6) is 5.75 Å². The molecule has 2 heteroatoms. The van der Waals surface area contributed by atoms with Gasteiger partial charge in [0, 0.05) is 5.41 Å². The molecule has 2 aliphatic rings. The summed E-state index contributed by atoms with van der Waals surface area (Å²) in [5.74, 6) is 1.66. The Morgan fingerprint density at radius 2 is 1.94 bits per heavy atom. The predicted octanol–water partition coefficient (Wildman–Crippen LogP) is 3.86. The predicted molar refractivity (Wildman–Crippen MR) is 74.5 cm³/mol. The zero-order valence-corrected chi connectivity index (χ0v) is 11.6. The molecule has 0 heterocycles. The van der Waals surface area contributed by atoms with Crippen LogP contribution >= 0.6 is 0 Å². The van der Waals surface area contributed by atoms with Gasteiger partial charge in [0.25, 0.3) is 0 Å². The zero-order valence-electron chi connectivity index (χ0n) is 11.6. The molecule has 0 aromatic heterocycles. The van der Waals surface area contributed by atoms with E-state index in [1.165, 1.54) is 19.3 Å². The molecule has 18 heavy (non-hydrogen) atoms. The van der Waals surface area contributed by atoms with Gasteiger partial charge in [0.1, 0.15) is 11.9 Å². The monoisotopic (exact) mass is 245 g/mol. The fourth-order valence-electron chi connectivity index (χ4n) is 4.05. The van der Waals surface area contributed by atoms with Crippen molar-refractivity contribution in [1.82, 2.24) is 0 Å². The Morgan fingerprint density at radius 3 is 2.50 bits per heavy atom. The standard InChI is InChI=1S/C16H23NO/c1-15(2)11-8-9-16(15,3)14(10-11)18-13-7-5-4-6-12(13)17/h4-7,11,14H,8-10,17H2,1-3H3. The van der Waals surface area contributed by atoms with Crippen molar-refractivity contribution in [3.8, 4) is 5.75 Å². The maximum atomic E-state index is 6.25. The van der Waals surface area contributed by atoms with Gasteiger partial charge < -0.3 is 10.5 Å². The first kappa shape index (κ1) is 11.9. The Balaban J connectivity index is 1.86. The molecule has 2 bridgehead atoms. The Labute approximate surface area is 110 Å². The molecule has 2 aliphatic carbocycles. The third kappa shape index (κ3) is 1.41. The first-order valence-electron chi connectivity index (χ1n) is 6.96. The van der Waals surface area contributed by atoms with Gasteiger partial charge in [-0.25, -0.2) is 0 Å². The van der Waals surface area contributed by atoms with E-state index in [-0.39, 0.29) is 0 Å². The number of anilines is 1. The Morgan fingerprint density at radius 1 is 1.22 bits per heavy atom. The summed E-state index contributed by atoms with van der Waals surface area (Å²) in [5.41, 5.74) is 7.42. The summed E-state index contributed by atoms with van der Waals surface area (Å²) in [7, 11) is 0. The van der Waals surface area contributed by atoms with Crippen molar-refractivity contribution in [3.05, 3.63) is 24.3 Å². The van der Waals surface area contributed by atoms with Crippen LogP contribution in [0.3, 0.4) is 0 Å². The third-order valence-electron chi connectivity index (χ3n) is 5.90. The van der Waals surface area contributed by atoms with Crippen LogP contribution in [0.1, 0.15) is 40.0 Å². The van der Waals surface area contributed by atoms with E-state index in [4.69, 9.17) is 10.5 Å². The van der Waals surface area contributed by atoms with Gasteiger partial charge in [-0.05, 0) is 42.7 Å². The van der Waals surface area contributed by atoms with E-state index in [9.17, 15) is 0 Å². The van der Waals surface area contributed by atoms with Gasteiger partial charge >= 0.3 is 0 Å². The summed E-state index contributed by atoms with van der Waals surface area (Å²) >= 11 is 0. The van der Waals surface area contributed by atoms with Crippen molar-refractivity contribution in [2.24, 2.45) is 16.7 Å². The normalized spacial score (nSPS) is 36.8. The molecule has 3 unspecified atom stereocenters. The van der Waals surface area contributed by atoms with Crippen LogP contribution in [0, 0.1) is 16.7 Å². The van der Waals surface area contributed by atoms with Crippen molar-refractivity contribution in [2.45, 2.75) is 46.1 Å². The van der Waals surface area contributed by atoms with Crippen molar-refractivity contribution < 1.29 is 4.74 Å². The molecule has 0 amide bonds. The number of ether oxygens (including phenoxy) is 1. The number of para-hydroxylation sites is 2. The Hall–Kier alpha value is -1.18. The lowest BCUT2D eigenvalue weighted by Gasteiger charge is -2.39. The largest absolute Gasteiger partial charge is 0.488 e. The molecular formula is C16H23NO. The number of hydrogen-bond acceptors (Lipinski definition) is 2. The number of nitrogens with two attached hydrogens (primary N) is 1. The number of fused-ring (bicyclic) bond motifs is 2. The van der Waals surface area contributed by atoms with E-state index in [0.29, 0.717) is 16.9 Å². The lowest BCUT2D eigenvalue weighted by Crippen LogP contribution is -2.39. The van der Waals surface area contributed by atoms with Crippen LogP contribution in [-0.4, -0.2) is 6.10 Å². The first-order chi connectivity index (χ1) is 8.45. The summed E-state index contributed by atoms with van der Waals surface area (Å²) < 4.78 is 6.25. The molecule has 98 valence electrons. The molecule has 0 radical (unpaired) electrons. The average Bonchev–Trinajstić information content (AvgIpc) is 2.65. The lowest BCUT2D eigenvalue weighted by molar-refractivity contribution is 0.0306. The van der Waals surface area contributed by atoms with E-state index in [1.807, 2.05) is 24.3 Å². The molecule has 2 saturated carbocycles. The molecule has 3 rings (SSSR count). The van der Waals surface area contributed by atoms with E-state index < -0.39 is 0 Å². The minimum atomic E-state index is 0.292. The molecule has 2 fully saturated rings. The van der Waals surface area contributed by atoms with Crippen LogP contribution in [0.15, 0.2) is 24.3 Å². The quantitative estimate of drug-likeness (QED) is 0.803. The molecule has 1 aromatic carbocycles. The Kier molecular flexibility index (Phi) is 2.42. The van der Waals surface area contributed by atoms with Gasteiger partial charge in [-0.1, -0.05) is 32.9 Å². The van der Waals surface area contributed by atoms with Crippen LogP contribution in [0.25, 0.3) is 0 Å². The van der Waals surface area contributed by atoms with E-state index in [1.54, 1.807) is 0 Å². The second-order valence-electron chi connectivity index (χ2n) is 6.75. The summed E-state index contributed by atoms with van der Waals surface area (Å²) in [4.78, 5) is 0. The van der Waals surface area contributed by atoms with Crippen molar-refractivity contribution in [1.29, 1.82) is 0 Å². The lowest BCUT2D eigenvalue weighted by atomic mass is 9.70. The topological polar surface area (TPSA) is 35.2 Å². The van der Waals surface area contributed by atoms with Crippen LogP contribution < -0.4 is 10.5 Å². The summed E-state index contributed by atoms with van der Waals surface area (Å²) in [5, 5.41) is 0. The van der Waals surface area contributed by atoms with Crippen LogP contribution in [0.2, 0.25) is 0 Å². The molecule has 0 spiro atoms. The summed E-state index contributed by atoms with van der Waals surface area (Å²) in [6.45, 7) is 7.20. The highest BCUT2D eigenvalue weighted by molar-refractivity contribution is 5.52. The zero-order chi connectivity index (χ0) is 13.0. The Bertz CT molecular complexity index is 468. The summed E-state index contributed by atoms with van der Waals surface area (Å²) in [6.07, 6.45) is 4.13. The maximum Gasteiger partial charge on any atom is 0.142 e. The van der Waals surface area contributed by atoms with Crippen molar-refractivity contribution >= 4 is 5.69 Å². The molecule has 3 atom stereocenters. The number of nitrogen functional groups attached to an aromatic ring is 1. The molecule has 1 aromatic rings. The average molecular weight is 245 g/mol. The number of hydrogen-bond donors (Lipinski definition) is 1. The maximum absolute atomic E-state index is 6.25. The van der Waals surface area contributed by atoms with Crippen molar-refractivity contribution in [2.75, 3.05) is 5.73 Å². The van der Waals surface area contributed by atoms with E-state index >= 15 is 0 Å². The fraction of sp³-hybridized carbons (Fsp3) is 0.625. The third-order valence-corrected chi connectivity index (χ3v) is 5.90. The molecule has 0 saturated heterocycles. The van der Waals surface area contributed by atoms with E-state index in [2.05, 4.69) is 20.8 Å². The highest BCUT2D eigenvalue weighted by Gasteiger charge is 2.62. The smallest absolute Gasteiger partial charge is 0.142 e. The fourth-order valence-corrected chi connectivity index (χ4v) is 4.05. The highest BCUT2D eigenvalue weighted by Crippen LogP contribution is 2.66. The van der Waals surface area contributed by atoms with Gasteiger partial charge in [0.05, 0.1) is 5.69 Å². The number of benzene rings is 1. The highest BCUT2D eigenvalue weighted by atomic mass is 16.5. The molecule has 2 nitrogen and oxygen atoms in total. The minimum absolute atomic E-state index is 0.292. The van der Waals surface area contributed by atoms with Crippen LogP contribution in [0.4, 0.5) is 5.69 Å². The van der Waals surface area contributed by atoms with Gasteiger partial charge in [-0.3, -0.25) is 0 Å². The summed E-state index contributed by atoms with van der Waals surface area (Å²) in [6, 6.07) is 7.84. The van der Waals surface area contributed by atoms with Gasteiger partial charge in [0.2, 0.25) is 0 Å². The van der Waals surface area contributed by atoms with Gasteiger partial charge in [0.15, 0.2) is 0 Å². The van der Waals surface area contributed by atoms with Crippen LogP contribution in [-0.2, 0) is 0 Å². The van der Waals surface area contributed by atoms with E-state index in [0.717, 1.165) is 17.4 Å². The molecular weight excluding hydrogens is 222 g/mol. The van der Waals surface area contributed by atoms with Crippen molar-refractivity contribution in [3.63, 3.8) is 0 Å². The van der Waals surface area contributed by atoms with Gasteiger partial charge in [-0.15, -0.1) is 0 Å².